The van der Waals surface area contributed by atoms with Crippen molar-refractivity contribution in [3.05, 3.63) is 34.1 Å². The molecular weight excluding hydrogens is 345 g/mol. The van der Waals surface area contributed by atoms with Gasteiger partial charge < -0.3 is 5.32 Å². The van der Waals surface area contributed by atoms with Crippen LogP contribution in [-0.2, 0) is 0 Å². The monoisotopic (exact) mass is 361 g/mol. The fraction of sp³-hybridized carbons (Fsp3) is 0.533. The van der Waals surface area contributed by atoms with Crippen LogP contribution in [0.1, 0.15) is 42.5 Å². The van der Waals surface area contributed by atoms with E-state index in [2.05, 4.69) is 21.2 Å². The van der Waals surface area contributed by atoms with Gasteiger partial charge in [-0.2, -0.15) is 0 Å². The van der Waals surface area contributed by atoms with Gasteiger partial charge in [-0.25, -0.2) is 4.39 Å². The number of hydrogen-bond donors (Lipinski definition) is 1. The number of rotatable bonds is 4. The van der Waals surface area contributed by atoms with E-state index < -0.39 is 0 Å². The van der Waals surface area contributed by atoms with Crippen molar-refractivity contribution in [2.75, 3.05) is 12.4 Å². The largest absolute Gasteiger partial charge is 0.351 e. The highest BCUT2D eigenvalue weighted by Gasteiger charge is 2.31. The standard InChI is InChI=1S/C15H18BrClFNO/c16-13-8-11(18)4-5-12(13)14(20)19-10-15(9-17)6-2-1-3-7-15/h4-5,8H,1-3,6-7,9-10H2,(H,19,20). The first kappa shape index (κ1) is 15.8. The van der Waals surface area contributed by atoms with Crippen LogP contribution in [0.3, 0.4) is 0 Å². The summed E-state index contributed by atoms with van der Waals surface area (Å²) in [5.74, 6) is 0.0163. The molecule has 2 nitrogen and oxygen atoms in total. The quantitative estimate of drug-likeness (QED) is 0.785. The van der Waals surface area contributed by atoms with Crippen molar-refractivity contribution >= 4 is 33.4 Å². The zero-order chi connectivity index (χ0) is 14.6. The maximum Gasteiger partial charge on any atom is 0.252 e. The van der Waals surface area contributed by atoms with Gasteiger partial charge in [0.2, 0.25) is 0 Å². The number of amides is 1. The van der Waals surface area contributed by atoms with Crippen LogP contribution >= 0.6 is 27.5 Å². The van der Waals surface area contributed by atoms with Crippen LogP contribution in [0.5, 0.6) is 0 Å². The lowest BCUT2D eigenvalue weighted by Gasteiger charge is -2.35. The van der Waals surface area contributed by atoms with Gasteiger partial charge in [0.15, 0.2) is 0 Å². The second-order valence-electron chi connectivity index (χ2n) is 5.50. The molecule has 1 aliphatic rings. The van der Waals surface area contributed by atoms with E-state index in [0.717, 1.165) is 12.8 Å². The summed E-state index contributed by atoms with van der Waals surface area (Å²) in [4.78, 5) is 12.2. The van der Waals surface area contributed by atoms with E-state index in [9.17, 15) is 9.18 Å². The van der Waals surface area contributed by atoms with Gasteiger partial charge in [-0.3, -0.25) is 4.79 Å². The Labute approximate surface area is 132 Å². The van der Waals surface area contributed by atoms with Crippen LogP contribution in [0.2, 0.25) is 0 Å². The van der Waals surface area contributed by atoms with E-state index in [0.29, 0.717) is 22.5 Å². The van der Waals surface area contributed by atoms with Crippen LogP contribution in [0, 0.1) is 11.2 Å². The minimum Gasteiger partial charge on any atom is -0.351 e. The van der Waals surface area contributed by atoms with Crippen molar-refractivity contribution in [1.29, 1.82) is 0 Å². The van der Waals surface area contributed by atoms with Crippen molar-refractivity contribution in [2.45, 2.75) is 32.1 Å². The lowest BCUT2D eigenvalue weighted by Crippen LogP contribution is -2.40. The molecule has 110 valence electrons. The molecule has 1 aliphatic carbocycles. The van der Waals surface area contributed by atoms with Gasteiger partial charge in [-0.1, -0.05) is 19.3 Å². The summed E-state index contributed by atoms with van der Waals surface area (Å²) in [5.41, 5.74) is 0.467. The average molecular weight is 363 g/mol. The number of halogens is 3. The molecule has 0 aromatic heterocycles. The van der Waals surface area contributed by atoms with Crippen molar-refractivity contribution in [1.82, 2.24) is 5.32 Å². The van der Waals surface area contributed by atoms with Gasteiger partial charge in [-0.05, 0) is 47.0 Å². The highest BCUT2D eigenvalue weighted by molar-refractivity contribution is 9.10. The molecule has 0 atom stereocenters. The molecule has 0 aliphatic heterocycles. The van der Waals surface area contributed by atoms with E-state index in [4.69, 9.17) is 11.6 Å². The normalized spacial score (nSPS) is 17.8. The van der Waals surface area contributed by atoms with Gasteiger partial charge >= 0.3 is 0 Å². The molecule has 0 heterocycles. The summed E-state index contributed by atoms with van der Waals surface area (Å²) in [6, 6.07) is 4.08. The van der Waals surface area contributed by atoms with Gasteiger partial charge in [0.25, 0.3) is 5.91 Å². The molecule has 0 spiro atoms. The van der Waals surface area contributed by atoms with E-state index >= 15 is 0 Å². The maximum absolute atomic E-state index is 13.0. The van der Waals surface area contributed by atoms with Gasteiger partial charge in [0, 0.05) is 22.3 Å². The van der Waals surface area contributed by atoms with Gasteiger partial charge in [0.1, 0.15) is 5.82 Å². The van der Waals surface area contributed by atoms with Crippen molar-refractivity contribution in [3.63, 3.8) is 0 Å². The Balaban J connectivity index is 2.00. The summed E-state index contributed by atoms with van der Waals surface area (Å²) in [7, 11) is 0. The lowest BCUT2D eigenvalue weighted by molar-refractivity contribution is 0.0920. The molecule has 5 heteroatoms. The minimum atomic E-state index is -0.363. The summed E-state index contributed by atoms with van der Waals surface area (Å²) in [6.07, 6.45) is 5.70. The summed E-state index contributed by atoms with van der Waals surface area (Å²) >= 11 is 9.33. The minimum absolute atomic E-state index is 0.0158. The van der Waals surface area contributed by atoms with Crippen molar-refractivity contribution in [3.8, 4) is 0 Å². The van der Waals surface area contributed by atoms with E-state index in [1.165, 1.54) is 37.5 Å². The zero-order valence-corrected chi connectivity index (χ0v) is 13.6. The molecule has 1 N–H and O–H groups in total. The summed E-state index contributed by atoms with van der Waals surface area (Å²) in [5, 5.41) is 2.94. The molecule has 0 radical (unpaired) electrons. The Morgan fingerprint density at radius 2 is 2.05 bits per heavy atom. The Kier molecular flexibility index (Phi) is 5.44. The predicted molar refractivity (Wildman–Crippen MR) is 82.7 cm³/mol. The molecule has 20 heavy (non-hydrogen) atoms. The van der Waals surface area contributed by atoms with Crippen molar-refractivity contribution in [2.24, 2.45) is 5.41 Å². The highest BCUT2D eigenvalue weighted by Crippen LogP contribution is 2.36. The second kappa shape index (κ2) is 6.90. The van der Waals surface area contributed by atoms with Crippen LogP contribution in [0.15, 0.2) is 22.7 Å². The Hall–Kier alpha value is -0.610. The molecule has 0 unspecified atom stereocenters. The maximum atomic E-state index is 13.0. The van der Waals surface area contributed by atoms with Crippen LogP contribution in [-0.4, -0.2) is 18.3 Å². The number of alkyl halides is 1. The van der Waals surface area contributed by atoms with Gasteiger partial charge in [-0.15, -0.1) is 11.6 Å². The first-order valence-corrected chi connectivity index (χ1v) is 8.18. The van der Waals surface area contributed by atoms with Gasteiger partial charge in [0.05, 0.1) is 5.56 Å². The average Bonchev–Trinajstić information content (AvgIpc) is 2.46. The third kappa shape index (κ3) is 3.73. The third-order valence-electron chi connectivity index (χ3n) is 4.00. The Bertz CT molecular complexity index is 489. The van der Waals surface area contributed by atoms with E-state index in [1.807, 2.05) is 0 Å². The molecule has 1 amide bonds. The molecule has 1 fully saturated rings. The predicted octanol–water partition coefficient (Wildman–Crippen LogP) is 4.51. The number of carbonyl (C=O) groups excluding carboxylic acids is 1. The molecule has 1 saturated carbocycles. The van der Waals surface area contributed by atoms with Crippen LogP contribution in [0.25, 0.3) is 0 Å². The fourth-order valence-electron chi connectivity index (χ4n) is 2.70. The third-order valence-corrected chi connectivity index (χ3v) is 5.22. The number of benzene rings is 1. The molecule has 0 saturated heterocycles. The topological polar surface area (TPSA) is 29.1 Å². The first-order chi connectivity index (χ1) is 9.56. The van der Waals surface area contributed by atoms with E-state index in [-0.39, 0.29) is 17.1 Å². The highest BCUT2D eigenvalue weighted by atomic mass is 79.9. The molecule has 1 aromatic rings. The molecular formula is C15H18BrClFNO. The van der Waals surface area contributed by atoms with E-state index in [1.54, 1.807) is 0 Å². The fourth-order valence-corrected chi connectivity index (χ4v) is 3.59. The molecule has 1 aromatic carbocycles. The molecule has 0 bridgehead atoms. The first-order valence-electron chi connectivity index (χ1n) is 6.86. The summed E-state index contributed by atoms with van der Waals surface area (Å²) in [6.45, 7) is 0.582. The molecule has 2 rings (SSSR count). The smallest absolute Gasteiger partial charge is 0.252 e. The lowest BCUT2D eigenvalue weighted by atomic mass is 9.75. The second-order valence-corrected chi connectivity index (χ2v) is 6.62. The number of hydrogen-bond acceptors (Lipinski definition) is 1. The van der Waals surface area contributed by atoms with Crippen LogP contribution < -0.4 is 5.32 Å². The zero-order valence-electron chi connectivity index (χ0n) is 11.2. The SMILES string of the molecule is O=C(NCC1(CCl)CCCCC1)c1ccc(F)cc1Br. The van der Waals surface area contributed by atoms with Crippen molar-refractivity contribution < 1.29 is 9.18 Å². The Morgan fingerprint density at radius 1 is 1.35 bits per heavy atom. The number of carbonyl (C=O) groups is 1. The van der Waals surface area contributed by atoms with Crippen LogP contribution in [0.4, 0.5) is 4.39 Å². The number of nitrogens with one attached hydrogen (secondary N) is 1. The summed E-state index contributed by atoms with van der Waals surface area (Å²) < 4.78 is 13.5. The Morgan fingerprint density at radius 3 is 2.65 bits per heavy atom.